The third-order valence-corrected chi connectivity index (χ3v) is 3.23. The topological polar surface area (TPSA) is 85.0 Å². The number of hydrogen-bond acceptors (Lipinski definition) is 6. The van der Waals surface area contributed by atoms with Crippen LogP contribution in [-0.2, 0) is 4.74 Å². The fourth-order valence-corrected chi connectivity index (χ4v) is 2.25. The summed E-state index contributed by atoms with van der Waals surface area (Å²) in [4.78, 5) is 0. The molecule has 2 heterocycles. The zero-order valence-electron chi connectivity index (χ0n) is 13.3. The van der Waals surface area contributed by atoms with E-state index in [2.05, 4.69) is 25.7 Å². The third-order valence-electron chi connectivity index (χ3n) is 3.23. The fraction of sp³-hybridized carbons (Fsp3) is 0.312. The van der Waals surface area contributed by atoms with Crippen molar-refractivity contribution >= 4 is 16.9 Å². The number of nitrogens with zero attached hydrogens (tertiary/aromatic N) is 3. The minimum atomic E-state index is 0.180. The number of H-pyrrole nitrogens is 1. The van der Waals surface area contributed by atoms with E-state index in [1.807, 2.05) is 44.2 Å². The molecule has 3 rings (SSSR count). The first kappa shape index (κ1) is 15.2. The first-order valence-corrected chi connectivity index (χ1v) is 7.38. The van der Waals surface area contributed by atoms with E-state index in [1.54, 1.807) is 7.11 Å². The number of hydrogen-bond donors (Lipinski definition) is 2. The molecule has 2 N–H and O–H groups in total. The number of rotatable bonds is 6. The molecule has 1 aromatic carbocycles. The molecule has 23 heavy (non-hydrogen) atoms. The van der Waals surface area contributed by atoms with E-state index < -0.39 is 0 Å². The van der Waals surface area contributed by atoms with Gasteiger partial charge in [0.2, 0.25) is 0 Å². The van der Waals surface area contributed by atoms with Crippen molar-refractivity contribution in [3.63, 3.8) is 0 Å². The van der Waals surface area contributed by atoms with Gasteiger partial charge in [-0.05, 0) is 32.0 Å². The molecule has 0 saturated carbocycles. The van der Waals surface area contributed by atoms with E-state index in [4.69, 9.17) is 9.47 Å². The Kier molecular flexibility index (Phi) is 4.38. The molecule has 0 amide bonds. The van der Waals surface area contributed by atoms with Crippen LogP contribution in [0.2, 0.25) is 0 Å². The molecular weight excluding hydrogens is 294 g/mol. The maximum absolute atomic E-state index is 5.58. The van der Waals surface area contributed by atoms with E-state index in [0.29, 0.717) is 17.3 Å². The summed E-state index contributed by atoms with van der Waals surface area (Å²) in [6.45, 7) is 4.27. The lowest BCUT2D eigenvalue weighted by Gasteiger charge is -2.10. The fourth-order valence-electron chi connectivity index (χ4n) is 2.25. The van der Waals surface area contributed by atoms with Crippen molar-refractivity contribution in [1.29, 1.82) is 0 Å². The maximum atomic E-state index is 5.58. The number of fused-ring (bicyclic) bond motifs is 1. The van der Waals surface area contributed by atoms with Crippen LogP contribution in [-0.4, -0.2) is 40.3 Å². The van der Waals surface area contributed by atoms with Crippen LogP contribution in [0.15, 0.2) is 30.3 Å². The van der Waals surface area contributed by atoms with Crippen LogP contribution in [0.5, 0.6) is 5.75 Å². The number of methoxy groups -OCH3 is 1. The number of benzene rings is 1. The van der Waals surface area contributed by atoms with Gasteiger partial charge in [-0.25, -0.2) is 0 Å². The highest BCUT2D eigenvalue weighted by Gasteiger charge is 2.13. The molecule has 0 bridgehead atoms. The minimum absolute atomic E-state index is 0.180. The molecule has 0 spiro atoms. The summed E-state index contributed by atoms with van der Waals surface area (Å²) in [5.41, 5.74) is 3.10. The molecule has 0 aliphatic carbocycles. The number of ether oxygens (including phenoxy) is 2. The predicted octanol–water partition coefficient (Wildman–Crippen LogP) is 2.82. The third kappa shape index (κ3) is 3.24. The number of para-hydroxylation sites is 1. The molecule has 2 aromatic heterocycles. The minimum Gasteiger partial charge on any atom is -0.467 e. The Bertz CT molecular complexity index is 800. The quantitative estimate of drug-likeness (QED) is 0.681. The van der Waals surface area contributed by atoms with Gasteiger partial charge in [-0.2, -0.15) is 5.10 Å². The monoisotopic (exact) mass is 313 g/mol. The van der Waals surface area contributed by atoms with Crippen molar-refractivity contribution in [1.82, 2.24) is 20.4 Å². The van der Waals surface area contributed by atoms with Gasteiger partial charge in [-0.15, -0.1) is 10.2 Å². The normalized spacial score (nSPS) is 11.1. The predicted molar refractivity (Wildman–Crippen MR) is 88.4 cm³/mol. The van der Waals surface area contributed by atoms with Crippen LogP contribution in [0.1, 0.15) is 13.8 Å². The summed E-state index contributed by atoms with van der Waals surface area (Å²) in [5.74, 6) is 1.40. The van der Waals surface area contributed by atoms with Gasteiger partial charge in [0, 0.05) is 18.7 Å². The van der Waals surface area contributed by atoms with Crippen molar-refractivity contribution in [3.05, 3.63) is 30.3 Å². The van der Waals surface area contributed by atoms with Crippen LogP contribution < -0.4 is 10.1 Å². The Labute approximate surface area is 134 Å². The SMILES string of the molecule is COCOc1ccccc1-c1cc2[nH]nc(NC(C)C)c2nn1. The summed E-state index contributed by atoms with van der Waals surface area (Å²) in [6.07, 6.45) is 0. The van der Waals surface area contributed by atoms with Gasteiger partial charge in [-0.3, -0.25) is 5.10 Å². The second-order valence-electron chi connectivity index (χ2n) is 5.41. The van der Waals surface area contributed by atoms with Gasteiger partial charge in [0.05, 0.1) is 11.2 Å². The van der Waals surface area contributed by atoms with Crippen LogP contribution in [0, 0.1) is 0 Å². The van der Waals surface area contributed by atoms with E-state index in [9.17, 15) is 0 Å². The van der Waals surface area contributed by atoms with E-state index >= 15 is 0 Å². The van der Waals surface area contributed by atoms with Crippen molar-refractivity contribution in [2.75, 3.05) is 19.2 Å². The van der Waals surface area contributed by atoms with Gasteiger partial charge in [0.1, 0.15) is 5.75 Å². The Morgan fingerprint density at radius 1 is 1.22 bits per heavy atom. The van der Waals surface area contributed by atoms with E-state index in [0.717, 1.165) is 16.6 Å². The Morgan fingerprint density at radius 3 is 2.83 bits per heavy atom. The molecule has 0 fully saturated rings. The smallest absolute Gasteiger partial charge is 0.188 e. The Morgan fingerprint density at radius 2 is 2.04 bits per heavy atom. The van der Waals surface area contributed by atoms with Gasteiger partial charge in [0.25, 0.3) is 0 Å². The van der Waals surface area contributed by atoms with Crippen molar-refractivity contribution in [3.8, 4) is 17.0 Å². The van der Waals surface area contributed by atoms with Crippen molar-refractivity contribution in [2.24, 2.45) is 0 Å². The number of anilines is 1. The molecular formula is C16H19N5O2. The van der Waals surface area contributed by atoms with Crippen LogP contribution in [0.4, 0.5) is 5.82 Å². The highest BCUT2D eigenvalue weighted by atomic mass is 16.7. The Hall–Kier alpha value is -2.67. The number of nitrogens with one attached hydrogen (secondary N) is 2. The molecule has 0 aliphatic heterocycles. The van der Waals surface area contributed by atoms with Crippen molar-refractivity contribution < 1.29 is 9.47 Å². The van der Waals surface area contributed by atoms with Crippen LogP contribution in [0.25, 0.3) is 22.3 Å². The molecule has 0 saturated heterocycles. The molecule has 7 heteroatoms. The molecule has 0 atom stereocenters. The maximum Gasteiger partial charge on any atom is 0.188 e. The van der Waals surface area contributed by atoms with Crippen LogP contribution in [0.3, 0.4) is 0 Å². The largest absolute Gasteiger partial charge is 0.467 e. The lowest BCUT2D eigenvalue weighted by molar-refractivity contribution is 0.0515. The van der Waals surface area contributed by atoms with Gasteiger partial charge in [-0.1, -0.05) is 12.1 Å². The van der Waals surface area contributed by atoms with Crippen molar-refractivity contribution in [2.45, 2.75) is 19.9 Å². The standard InChI is InChI=1S/C16H19N5O2/c1-10(2)17-16-15-13(19-21-16)8-12(18-20-15)11-6-4-5-7-14(11)23-9-22-3/h4-8,10H,9H2,1-3H3,(H2,17,19,21). The summed E-state index contributed by atoms with van der Waals surface area (Å²) in [7, 11) is 1.59. The summed E-state index contributed by atoms with van der Waals surface area (Å²) in [5, 5.41) is 19.1. The summed E-state index contributed by atoms with van der Waals surface area (Å²) >= 11 is 0. The Balaban J connectivity index is 1.98. The second kappa shape index (κ2) is 6.62. The van der Waals surface area contributed by atoms with Crippen LogP contribution >= 0.6 is 0 Å². The first-order valence-electron chi connectivity index (χ1n) is 7.38. The number of aromatic amines is 1. The zero-order chi connectivity index (χ0) is 16.2. The summed E-state index contributed by atoms with van der Waals surface area (Å²) < 4.78 is 10.5. The van der Waals surface area contributed by atoms with Gasteiger partial charge < -0.3 is 14.8 Å². The lowest BCUT2D eigenvalue weighted by atomic mass is 10.1. The lowest BCUT2D eigenvalue weighted by Crippen LogP contribution is -2.10. The molecule has 0 radical (unpaired) electrons. The number of aromatic nitrogens is 4. The summed E-state index contributed by atoms with van der Waals surface area (Å²) in [6, 6.07) is 9.83. The second-order valence-corrected chi connectivity index (χ2v) is 5.41. The molecule has 3 aromatic rings. The van der Waals surface area contributed by atoms with E-state index in [-0.39, 0.29) is 12.8 Å². The molecule has 7 nitrogen and oxygen atoms in total. The average molecular weight is 313 g/mol. The highest BCUT2D eigenvalue weighted by molar-refractivity contribution is 5.87. The zero-order valence-corrected chi connectivity index (χ0v) is 13.3. The first-order chi connectivity index (χ1) is 11.2. The van der Waals surface area contributed by atoms with E-state index in [1.165, 1.54) is 0 Å². The van der Waals surface area contributed by atoms with Gasteiger partial charge in [0.15, 0.2) is 18.1 Å². The average Bonchev–Trinajstić information content (AvgIpc) is 2.95. The molecule has 0 aliphatic rings. The molecule has 0 unspecified atom stereocenters. The molecule has 120 valence electrons. The van der Waals surface area contributed by atoms with Gasteiger partial charge >= 0.3 is 0 Å². The highest BCUT2D eigenvalue weighted by Crippen LogP contribution is 2.30.